The van der Waals surface area contributed by atoms with Crippen LogP contribution in [-0.2, 0) is 9.22 Å². The lowest BCUT2D eigenvalue weighted by molar-refractivity contribution is -0.134. The van der Waals surface area contributed by atoms with E-state index in [9.17, 15) is 4.79 Å². The SMILES string of the molecule is CC(S)C(=O)O[Si](C(C)C)(C(C)C)C(C)C. The van der Waals surface area contributed by atoms with Crippen molar-refractivity contribution in [3.8, 4) is 0 Å². The molecule has 2 nitrogen and oxygen atoms in total. The molecule has 0 aromatic rings. The molecule has 4 heteroatoms. The molecule has 1 atom stereocenters. The third kappa shape index (κ3) is 3.26. The summed E-state index contributed by atoms with van der Waals surface area (Å²) in [5.74, 6) is -0.161. The van der Waals surface area contributed by atoms with Gasteiger partial charge in [0.2, 0.25) is 0 Å². The molecule has 0 spiro atoms. The molecule has 0 N–H and O–H groups in total. The second-order valence-corrected chi connectivity index (χ2v) is 11.6. The Bertz CT molecular complexity index is 215. The Morgan fingerprint density at radius 2 is 1.25 bits per heavy atom. The molecule has 0 aromatic carbocycles. The van der Waals surface area contributed by atoms with Crippen molar-refractivity contribution in [1.29, 1.82) is 0 Å². The van der Waals surface area contributed by atoms with E-state index in [1.165, 1.54) is 0 Å². The fraction of sp³-hybridized carbons (Fsp3) is 0.917. The van der Waals surface area contributed by atoms with Gasteiger partial charge in [-0.3, -0.25) is 4.79 Å². The molecule has 0 saturated carbocycles. The Labute approximate surface area is 107 Å². The van der Waals surface area contributed by atoms with Crippen molar-refractivity contribution >= 4 is 26.9 Å². The van der Waals surface area contributed by atoms with Crippen LogP contribution in [0.3, 0.4) is 0 Å². The first kappa shape index (κ1) is 16.0. The number of hydrogen-bond donors (Lipinski definition) is 1. The first-order chi connectivity index (χ1) is 7.16. The lowest BCUT2D eigenvalue weighted by Crippen LogP contribution is -2.50. The summed E-state index contributed by atoms with van der Waals surface area (Å²) >= 11 is 4.16. The number of hydrogen-bond acceptors (Lipinski definition) is 3. The van der Waals surface area contributed by atoms with Gasteiger partial charge in [-0.15, -0.1) is 0 Å². The van der Waals surface area contributed by atoms with Crippen molar-refractivity contribution < 1.29 is 9.22 Å². The molecule has 0 aliphatic carbocycles. The summed E-state index contributed by atoms with van der Waals surface area (Å²) < 4.78 is 5.91. The number of carbonyl (C=O) groups excluding carboxylic acids is 1. The van der Waals surface area contributed by atoms with Crippen LogP contribution in [0, 0.1) is 0 Å². The highest BCUT2D eigenvalue weighted by molar-refractivity contribution is 7.81. The van der Waals surface area contributed by atoms with Crippen LogP contribution in [0.1, 0.15) is 48.5 Å². The Balaban J connectivity index is 5.13. The molecule has 0 rings (SSSR count). The van der Waals surface area contributed by atoms with Crippen LogP contribution in [-0.4, -0.2) is 19.5 Å². The van der Waals surface area contributed by atoms with Crippen LogP contribution in [0.5, 0.6) is 0 Å². The van der Waals surface area contributed by atoms with Gasteiger partial charge in [0, 0.05) is 0 Å². The molecule has 0 aromatic heterocycles. The van der Waals surface area contributed by atoms with Gasteiger partial charge in [-0.2, -0.15) is 12.6 Å². The Morgan fingerprint density at radius 3 is 1.44 bits per heavy atom. The topological polar surface area (TPSA) is 26.3 Å². The summed E-state index contributed by atoms with van der Waals surface area (Å²) in [7, 11) is -2.05. The number of thiol groups is 1. The Hall–Kier alpha value is 0.0369. The maximum Gasteiger partial charge on any atom is 0.305 e. The first-order valence-electron chi connectivity index (χ1n) is 6.07. The summed E-state index contributed by atoms with van der Waals surface area (Å²) in [5, 5.41) is -0.330. The van der Waals surface area contributed by atoms with Crippen LogP contribution in [0.4, 0.5) is 0 Å². The van der Waals surface area contributed by atoms with E-state index in [2.05, 4.69) is 54.2 Å². The molecule has 0 aliphatic heterocycles. The molecule has 0 aliphatic rings. The largest absolute Gasteiger partial charge is 0.517 e. The molecule has 16 heavy (non-hydrogen) atoms. The van der Waals surface area contributed by atoms with Gasteiger partial charge in [0.05, 0.1) is 5.25 Å². The fourth-order valence-corrected chi connectivity index (χ4v) is 8.00. The maximum absolute atomic E-state index is 11.8. The predicted octanol–water partition coefficient (Wildman–Crippen LogP) is 4.02. The molecule has 0 bridgehead atoms. The number of carbonyl (C=O) groups is 1. The molecule has 0 fully saturated rings. The van der Waals surface area contributed by atoms with E-state index in [1.54, 1.807) is 6.92 Å². The highest BCUT2D eigenvalue weighted by atomic mass is 32.1. The third-order valence-electron chi connectivity index (χ3n) is 3.33. The monoisotopic (exact) mass is 262 g/mol. The maximum atomic E-state index is 11.8. The average Bonchev–Trinajstić information content (AvgIpc) is 2.11. The van der Waals surface area contributed by atoms with E-state index in [0.717, 1.165) is 0 Å². The van der Waals surface area contributed by atoms with E-state index < -0.39 is 8.32 Å². The fourth-order valence-electron chi connectivity index (χ4n) is 2.61. The minimum absolute atomic E-state index is 0.161. The van der Waals surface area contributed by atoms with E-state index in [4.69, 9.17) is 4.43 Å². The van der Waals surface area contributed by atoms with Gasteiger partial charge in [0.15, 0.2) is 0 Å². The average molecular weight is 262 g/mol. The van der Waals surface area contributed by atoms with E-state index in [-0.39, 0.29) is 11.2 Å². The van der Waals surface area contributed by atoms with Crippen LogP contribution < -0.4 is 0 Å². The minimum atomic E-state index is -2.05. The molecule has 0 saturated heterocycles. The van der Waals surface area contributed by atoms with Gasteiger partial charge < -0.3 is 4.43 Å². The normalized spacial score (nSPS) is 14.7. The zero-order valence-corrected chi connectivity index (χ0v) is 13.5. The smallest absolute Gasteiger partial charge is 0.305 e. The van der Waals surface area contributed by atoms with Crippen molar-refractivity contribution in [2.75, 3.05) is 0 Å². The zero-order valence-electron chi connectivity index (χ0n) is 11.6. The first-order valence-corrected chi connectivity index (χ1v) is 8.72. The Morgan fingerprint density at radius 1 is 0.938 bits per heavy atom. The highest BCUT2D eigenvalue weighted by Gasteiger charge is 2.48. The zero-order chi connectivity index (χ0) is 13.1. The van der Waals surface area contributed by atoms with Crippen molar-refractivity contribution in [2.24, 2.45) is 0 Å². The van der Waals surface area contributed by atoms with Gasteiger partial charge in [-0.25, -0.2) is 0 Å². The summed E-state index contributed by atoms with van der Waals surface area (Å²) in [4.78, 5) is 11.8. The predicted molar refractivity (Wildman–Crippen MR) is 75.6 cm³/mol. The lowest BCUT2D eigenvalue weighted by Gasteiger charge is -2.41. The standard InChI is InChI=1S/C12H26O2SSi/c1-8(2)16(9(3)4,10(5)6)14-12(13)11(7)15/h8-11,15H,1-7H3. The molecule has 0 radical (unpaired) electrons. The van der Waals surface area contributed by atoms with Crippen molar-refractivity contribution in [1.82, 2.24) is 0 Å². The van der Waals surface area contributed by atoms with Gasteiger partial charge in [0.1, 0.15) is 0 Å². The van der Waals surface area contributed by atoms with Crippen molar-refractivity contribution in [2.45, 2.75) is 70.3 Å². The van der Waals surface area contributed by atoms with Crippen molar-refractivity contribution in [3.05, 3.63) is 0 Å². The van der Waals surface area contributed by atoms with Gasteiger partial charge in [-0.05, 0) is 23.5 Å². The van der Waals surface area contributed by atoms with Gasteiger partial charge in [-0.1, -0.05) is 41.5 Å². The summed E-state index contributed by atoms with van der Waals surface area (Å²) in [6.45, 7) is 14.8. The van der Waals surface area contributed by atoms with Crippen LogP contribution >= 0.6 is 12.6 Å². The summed E-state index contributed by atoms with van der Waals surface area (Å²) in [5.41, 5.74) is 1.30. The molecule has 96 valence electrons. The highest BCUT2D eigenvalue weighted by Crippen LogP contribution is 2.42. The summed E-state index contributed by atoms with van der Waals surface area (Å²) in [6.07, 6.45) is 0. The minimum Gasteiger partial charge on any atom is -0.517 e. The van der Waals surface area contributed by atoms with Gasteiger partial charge in [0.25, 0.3) is 8.32 Å². The second kappa shape index (κ2) is 6.10. The Kier molecular flexibility index (Phi) is 6.12. The molecule has 0 heterocycles. The number of rotatable bonds is 5. The van der Waals surface area contributed by atoms with E-state index in [1.807, 2.05) is 0 Å². The van der Waals surface area contributed by atoms with E-state index in [0.29, 0.717) is 16.6 Å². The molecule has 1 unspecified atom stereocenters. The quantitative estimate of drug-likeness (QED) is 0.598. The lowest BCUT2D eigenvalue weighted by atomic mass is 10.5. The third-order valence-corrected chi connectivity index (χ3v) is 9.51. The van der Waals surface area contributed by atoms with E-state index >= 15 is 0 Å². The van der Waals surface area contributed by atoms with Crippen LogP contribution in [0.15, 0.2) is 0 Å². The summed E-state index contributed by atoms with van der Waals surface area (Å²) in [6, 6.07) is 0. The second-order valence-electron chi connectivity index (χ2n) is 5.41. The van der Waals surface area contributed by atoms with Crippen LogP contribution in [0.25, 0.3) is 0 Å². The van der Waals surface area contributed by atoms with Crippen LogP contribution in [0.2, 0.25) is 16.6 Å². The molecule has 0 amide bonds. The molecular weight excluding hydrogens is 236 g/mol. The molecular formula is C12H26O2SSi. The van der Waals surface area contributed by atoms with Gasteiger partial charge >= 0.3 is 5.97 Å². The van der Waals surface area contributed by atoms with Crippen molar-refractivity contribution in [3.63, 3.8) is 0 Å².